The number of carbonyl (C=O) groups excluding carboxylic acids is 1. The van der Waals surface area contributed by atoms with Crippen LogP contribution in [0.1, 0.15) is 32.2 Å². The maximum absolute atomic E-state index is 12.9. The first-order chi connectivity index (χ1) is 12.8. The summed E-state index contributed by atoms with van der Waals surface area (Å²) in [6.45, 7) is 1.75. The average Bonchev–Trinajstić information content (AvgIpc) is 3.39. The van der Waals surface area contributed by atoms with E-state index in [1.165, 1.54) is 11.8 Å². The molecular weight excluding hydrogens is 386 g/mol. The van der Waals surface area contributed by atoms with Crippen molar-refractivity contribution in [1.82, 2.24) is 14.9 Å². The summed E-state index contributed by atoms with van der Waals surface area (Å²) < 4.78 is 24.8. The molecule has 0 spiro atoms. The van der Waals surface area contributed by atoms with Crippen molar-refractivity contribution in [3.63, 3.8) is 0 Å². The van der Waals surface area contributed by atoms with Crippen LogP contribution in [0.4, 0.5) is 0 Å². The van der Waals surface area contributed by atoms with Crippen molar-refractivity contribution >= 4 is 38.4 Å². The van der Waals surface area contributed by atoms with E-state index in [0.29, 0.717) is 22.5 Å². The van der Waals surface area contributed by atoms with E-state index < -0.39 is 15.1 Å². The summed E-state index contributed by atoms with van der Waals surface area (Å²) in [5.41, 5.74) is 0.552. The third-order valence-corrected chi connectivity index (χ3v) is 7.75. The number of nitrogens with zero attached hydrogens (tertiary/aromatic N) is 2. The Morgan fingerprint density at radius 3 is 2.70 bits per heavy atom. The maximum Gasteiger partial charge on any atom is 0.262 e. The van der Waals surface area contributed by atoms with Crippen molar-refractivity contribution < 1.29 is 13.2 Å². The summed E-state index contributed by atoms with van der Waals surface area (Å²) in [4.78, 5) is 30.0. The third-order valence-electron chi connectivity index (χ3n) is 4.92. The Kier molecular flexibility index (Phi) is 4.75. The van der Waals surface area contributed by atoms with Gasteiger partial charge in [-0.25, -0.2) is 13.4 Å². The monoisotopic (exact) mass is 407 g/mol. The summed E-state index contributed by atoms with van der Waals surface area (Å²) in [6, 6.07) is 7.04. The minimum atomic E-state index is -3.04. The molecule has 1 aromatic carbocycles. The Morgan fingerprint density at radius 1 is 1.30 bits per heavy atom. The Bertz CT molecular complexity index is 1060. The Morgan fingerprint density at radius 2 is 2.04 bits per heavy atom. The number of thioether (sulfide) groups is 1. The molecule has 2 atom stereocenters. The van der Waals surface area contributed by atoms with Crippen molar-refractivity contribution in [2.75, 3.05) is 11.5 Å². The molecule has 1 N–H and O–H groups in total. The van der Waals surface area contributed by atoms with Gasteiger partial charge in [0.25, 0.3) is 5.56 Å². The summed E-state index contributed by atoms with van der Waals surface area (Å²) in [6.07, 6.45) is 2.33. The van der Waals surface area contributed by atoms with Crippen LogP contribution < -0.4 is 10.9 Å². The third kappa shape index (κ3) is 3.89. The van der Waals surface area contributed by atoms with Gasteiger partial charge in [0.05, 0.1) is 27.7 Å². The van der Waals surface area contributed by atoms with Crippen molar-refractivity contribution in [2.45, 2.75) is 48.7 Å². The zero-order valence-electron chi connectivity index (χ0n) is 14.9. The number of carbonyl (C=O) groups is 1. The van der Waals surface area contributed by atoms with E-state index >= 15 is 0 Å². The molecule has 4 rings (SSSR count). The summed E-state index contributed by atoms with van der Waals surface area (Å²) >= 11 is 1.25. The van der Waals surface area contributed by atoms with E-state index in [0.717, 1.165) is 12.8 Å². The van der Waals surface area contributed by atoms with Crippen LogP contribution in [-0.2, 0) is 14.6 Å². The molecule has 1 saturated carbocycles. The van der Waals surface area contributed by atoms with Crippen LogP contribution in [-0.4, -0.2) is 46.7 Å². The Labute approximate surface area is 161 Å². The van der Waals surface area contributed by atoms with Crippen LogP contribution in [0.15, 0.2) is 34.2 Å². The number of hydrogen-bond acceptors (Lipinski definition) is 6. The lowest BCUT2D eigenvalue weighted by Crippen LogP contribution is -2.40. The van der Waals surface area contributed by atoms with Crippen molar-refractivity contribution in [1.29, 1.82) is 0 Å². The minimum absolute atomic E-state index is 0.00284. The minimum Gasteiger partial charge on any atom is -0.351 e. The van der Waals surface area contributed by atoms with Gasteiger partial charge >= 0.3 is 0 Å². The molecule has 1 amide bonds. The molecule has 2 aromatic rings. The molecular formula is C18H21N3O4S2. The SMILES string of the molecule is C[C@H](Sc1nc2ccccc2c(=O)n1C1CC1)C(=O)N[C@H]1CCS(=O)(=O)C1. The van der Waals surface area contributed by atoms with E-state index in [1.807, 2.05) is 12.1 Å². The molecule has 0 bridgehead atoms. The van der Waals surface area contributed by atoms with E-state index in [4.69, 9.17) is 0 Å². The van der Waals surface area contributed by atoms with Gasteiger partial charge in [-0.3, -0.25) is 14.2 Å². The van der Waals surface area contributed by atoms with E-state index in [2.05, 4.69) is 10.3 Å². The number of nitrogens with one attached hydrogen (secondary N) is 1. The van der Waals surface area contributed by atoms with Crippen molar-refractivity contribution in [3.8, 4) is 0 Å². The van der Waals surface area contributed by atoms with Gasteiger partial charge in [-0.1, -0.05) is 23.9 Å². The highest BCUT2D eigenvalue weighted by Crippen LogP contribution is 2.37. The number of aromatic nitrogens is 2. The van der Waals surface area contributed by atoms with Crippen LogP contribution in [0, 0.1) is 0 Å². The second-order valence-corrected chi connectivity index (χ2v) is 10.7. The van der Waals surface area contributed by atoms with Crippen LogP contribution in [0.25, 0.3) is 10.9 Å². The molecule has 1 aliphatic heterocycles. The Balaban J connectivity index is 1.56. The predicted molar refractivity (Wildman–Crippen MR) is 105 cm³/mol. The topological polar surface area (TPSA) is 98.1 Å². The summed E-state index contributed by atoms with van der Waals surface area (Å²) in [5.74, 6) is -0.115. The number of sulfone groups is 1. The lowest BCUT2D eigenvalue weighted by Gasteiger charge is -2.18. The van der Waals surface area contributed by atoms with Gasteiger partial charge < -0.3 is 5.32 Å². The van der Waals surface area contributed by atoms with Gasteiger partial charge in [-0.05, 0) is 38.3 Å². The zero-order chi connectivity index (χ0) is 19.2. The van der Waals surface area contributed by atoms with Crippen LogP contribution in [0.5, 0.6) is 0 Å². The van der Waals surface area contributed by atoms with Crippen LogP contribution >= 0.6 is 11.8 Å². The van der Waals surface area contributed by atoms with Gasteiger partial charge in [-0.2, -0.15) is 0 Å². The fourth-order valence-electron chi connectivity index (χ4n) is 3.30. The molecule has 1 saturated heterocycles. The highest BCUT2D eigenvalue weighted by molar-refractivity contribution is 8.00. The van der Waals surface area contributed by atoms with Gasteiger partial charge in [0, 0.05) is 12.1 Å². The second kappa shape index (κ2) is 6.94. The first-order valence-electron chi connectivity index (χ1n) is 9.03. The molecule has 7 nitrogen and oxygen atoms in total. The lowest BCUT2D eigenvalue weighted by atomic mass is 10.2. The number of rotatable bonds is 5. The number of amides is 1. The van der Waals surface area contributed by atoms with Crippen LogP contribution in [0.3, 0.4) is 0 Å². The first kappa shape index (κ1) is 18.5. The molecule has 2 heterocycles. The van der Waals surface area contributed by atoms with E-state index in [-0.39, 0.29) is 35.1 Å². The number of hydrogen-bond donors (Lipinski definition) is 1. The predicted octanol–water partition coefficient (Wildman–Crippen LogP) is 1.52. The van der Waals surface area contributed by atoms with Gasteiger partial charge in [-0.15, -0.1) is 0 Å². The van der Waals surface area contributed by atoms with Crippen molar-refractivity contribution in [2.24, 2.45) is 0 Å². The fraction of sp³-hybridized carbons (Fsp3) is 0.500. The summed E-state index contributed by atoms with van der Waals surface area (Å²) in [7, 11) is -3.04. The van der Waals surface area contributed by atoms with E-state index in [1.54, 1.807) is 23.6 Å². The Hall–Kier alpha value is -1.87. The normalized spacial score (nSPS) is 22.6. The van der Waals surface area contributed by atoms with Crippen molar-refractivity contribution in [3.05, 3.63) is 34.6 Å². The molecule has 9 heteroatoms. The lowest BCUT2D eigenvalue weighted by molar-refractivity contribution is -0.120. The number of para-hydroxylation sites is 1. The molecule has 0 radical (unpaired) electrons. The number of benzene rings is 1. The quantitative estimate of drug-likeness (QED) is 0.596. The molecule has 1 aliphatic carbocycles. The highest BCUT2D eigenvalue weighted by Gasteiger charge is 2.32. The molecule has 1 aromatic heterocycles. The molecule has 27 heavy (non-hydrogen) atoms. The largest absolute Gasteiger partial charge is 0.351 e. The maximum atomic E-state index is 12.9. The average molecular weight is 408 g/mol. The zero-order valence-corrected chi connectivity index (χ0v) is 16.6. The highest BCUT2D eigenvalue weighted by atomic mass is 32.2. The second-order valence-electron chi connectivity index (χ2n) is 7.19. The first-order valence-corrected chi connectivity index (χ1v) is 11.7. The van der Waals surface area contributed by atoms with Gasteiger partial charge in [0.2, 0.25) is 5.91 Å². The van der Waals surface area contributed by atoms with E-state index in [9.17, 15) is 18.0 Å². The molecule has 0 unspecified atom stereocenters. The van der Waals surface area contributed by atoms with Gasteiger partial charge in [0.15, 0.2) is 15.0 Å². The summed E-state index contributed by atoms with van der Waals surface area (Å²) in [5, 5.41) is 3.47. The molecule has 2 fully saturated rings. The van der Waals surface area contributed by atoms with Gasteiger partial charge in [0.1, 0.15) is 0 Å². The number of fused-ring (bicyclic) bond motifs is 1. The smallest absolute Gasteiger partial charge is 0.262 e. The standard InChI is InChI=1S/C18H21N3O4S2/c1-11(16(22)19-12-8-9-27(24,25)10-12)26-18-20-15-5-3-2-4-14(15)17(23)21(18)13-6-7-13/h2-5,11-13H,6-10H2,1H3,(H,19,22)/t11-,12-/m0/s1. The molecule has 2 aliphatic rings. The fourth-order valence-corrected chi connectivity index (χ4v) is 5.96. The molecule has 144 valence electrons. The van der Waals surface area contributed by atoms with Crippen LogP contribution in [0.2, 0.25) is 0 Å².